The molecule has 0 fully saturated rings. The molecule has 1 N–H and O–H groups in total. The largest absolute Gasteiger partial charge is 0.377 e. The van der Waals surface area contributed by atoms with Crippen molar-refractivity contribution in [3.63, 3.8) is 0 Å². The Hall–Kier alpha value is -0.930. The number of aryl methyl sites for hydroxylation is 1. The summed E-state index contributed by atoms with van der Waals surface area (Å²) in [6.45, 7) is 8.60. The molecule has 0 aromatic carbocycles. The fourth-order valence-electron chi connectivity index (χ4n) is 1.28. The smallest absolute Gasteiger partial charge is 0.0594 e. The van der Waals surface area contributed by atoms with E-state index in [2.05, 4.69) is 23.3 Å². The zero-order valence-electron chi connectivity index (χ0n) is 9.79. The van der Waals surface area contributed by atoms with Gasteiger partial charge in [-0.15, -0.1) is 0 Å². The first-order valence-corrected chi connectivity index (χ1v) is 5.43. The van der Waals surface area contributed by atoms with E-state index in [0.717, 1.165) is 25.4 Å². The second kappa shape index (κ2) is 6.53. The van der Waals surface area contributed by atoms with Crippen molar-refractivity contribution < 1.29 is 4.74 Å². The van der Waals surface area contributed by atoms with Gasteiger partial charge in [0.15, 0.2) is 0 Å². The van der Waals surface area contributed by atoms with Crippen LogP contribution in [0.15, 0.2) is 18.3 Å². The minimum atomic E-state index is 0.309. The third-order valence-corrected chi connectivity index (χ3v) is 2.14. The molecule has 3 nitrogen and oxygen atoms in total. The normalized spacial score (nSPS) is 10.9. The predicted molar refractivity (Wildman–Crippen MR) is 61.8 cm³/mol. The number of aromatic nitrogens is 1. The second-order valence-electron chi connectivity index (χ2n) is 3.86. The summed E-state index contributed by atoms with van der Waals surface area (Å²) in [6.07, 6.45) is 2.14. The summed E-state index contributed by atoms with van der Waals surface area (Å²) in [5.41, 5.74) is 2.34. The van der Waals surface area contributed by atoms with Crippen LogP contribution in [0.1, 0.15) is 25.1 Å². The van der Waals surface area contributed by atoms with Crippen LogP contribution in [0.2, 0.25) is 0 Å². The van der Waals surface area contributed by atoms with Gasteiger partial charge in [0, 0.05) is 19.3 Å². The van der Waals surface area contributed by atoms with Gasteiger partial charge in [-0.3, -0.25) is 4.98 Å². The van der Waals surface area contributed by atoms with Gasteiger partial charge in [0.2, 0.25) is 0 Å². The van der Waals surface area contributed by atoms with Gasteiger partial charge in [0.25, 0.3) is 0 Å². The minimum Gasteiger partial charge on any atom is -0.377 e. The van der Waals surface area contributed by atoms with E-state index in [4.69, 9.17) is 4.74 Å². The first kappa shape index (κ1) is 12.1. The summed E-state index contributed by atoms with van der Waals surface area (Å²) in [6, 6.07) is 4.04. The monoisotopic (exact) mass is 208 g/mol. The van der Waals surface area contributed by atoms with Crippen LogP contribution in [-0.4, -0.2) is 24.2 Å². The maximum Gasteiger partial charge on any atom is 0.0594 e. The second-order valence-corrected chi connectivity index (χ2v) is 3.86. The zero-order chi connectivity index (χ0) is 11.1. The van der Waals surface area contributed by atoms with Gasteiger partial charge in [-0.05, 0) is 32.4 Å². The molecule has 84 valence electrons. The number of hydrogen-bond acceptors (Lipinski definition) is 3. The first-order valence-electron chi connectivity index (χ1n) is 5.43. The first-order chi connectivity index (χ1) is 7.20. The van der Waals surface area contributed by atoms with Gasteiger partial charge in [-0.2, -0.15) is 0 Å². The Bertz CT molecular complexity index is 287. The van der Waals surface area contributed by atoms with Crippen LogP contribution in [0.3, 0.4) is 0 Å². The minimum absolute atomic E-state index is 0.309. The predicted octanol–water partition coefficient (Wildman–Crippen LogP) is 1.90. The summed E-state index contributed by atoms with van der Waals surface area (Å²) in [4.78, 5) is 4.31. The molecule has 0 saturated heterocycles. The zero-order valence-corrected chi connectivity index (χ0v) is 9.79. The van der Waals surface area contributed by atoms with Crippen molar-refractivity contribution in [3.05, 3.63) is 29.6 Å². The third-order valence-electron chi connectivity index (χ3n) is 2.14. The number of ether oxygens (including phenoxy) is 1. The topological polar surface area (TPSA) is 34.2 Å². The molecule has 0 aliphatic rings. The van der Waals surface area contributed by atoms with E-state index in [9.17, 15) is 0 Å². The van der Waals surface area contributed by atoms with Gasteiger partial charge in [0.1, 0.15) is 0 Å². The van der Waals surface area contributed by atoms with Crippen LogP contribution in [0.25, 0.3) is 0 Å². The van der Waals surface area contributed by atoms with Crippen LogP contribution < -0.4 is 5.32 Å². The maximum atomic E-state index is 5.43. The molecule has 0 bridgehead atoms. The highest BCUT2D eigenvalue weighted by Crippen LogP contribution is 2.01. The molecule has 1 rings (SSSR count). The van der Waals surface area contributed by atoms with E-state index in [1.54, 1.807) is 0 Å². The average molecular weight is 208 g/mol. The lowest BCUT2D eigenvalue weighted by Crippen LogP contribution is -2.21. The summed E-state index contributed by atoms with van der Waals surface area (Å²) in [7, 11) is 0. The molecule has 0 aliphatic heterocycles. The quantitative estimate of drug-likeness (QED) is 0.725. The van der Waals surface area contributed by atoms with Crippen molar-refractivity contribution in [2.45, 2.75) is 33.4 Å². The van der Waals surface area contributed by atoms with Gasteiger partial charge >= 0.3 is 0 Å². The van der Waals surface area contributed by atoms with Crippen molar-refractivity contribution in [2.75, 3.05) is 13.2 Å². The molecule has 0 saturated carbocycles. The summed E-state index contributed by atoms with van der Waals surface area (Å²) in [5.74, 6) is 0. The van der Waals surface area contributed by atoms with Crippen molar-refractivity contribution in [3.8, 4) is 0 Å². The van der Waals surface area contributed by atoms with Crippen LogP contribution in [0, 0.1) is 6.92 Å². The maximum absolute atomic E-state index is 5.43. The molecule has 0 unspecified atom stereocenters. The van der Waals surface area contributed by atoms with Gasteiger partial charge in [-0.1, -0.05) is 6.07 Å². The number of rotatable bonds is 6. The van der Waals surface area contributed by atoms with Crippen LogP contribution in [0.5, 0.6) is 0 Å². The highest BCUT2D eigenvalue weighted by Gasteiger charge is 1.97. The Kier molecular flexibility index (Phi) is 5.29. The molecule has 1 aromatic rings. The molecular formula is C12H20N2O. The average Bonchev–Trinajstić information content (AvgIpc) is 2.20. The van der Waals surface area contributed by atoms with E-state index in [1.807, 2.05) is 26.1 Å². The fourth-order valence-corrected chi connectivity index (χ4v) is 1.28. The van der Waals surface area contributed by atoms with Crippen molar-refractivity contribution >= 4 is 0 Å². The van der Waals surface area contributed by atoms with E-state index < -0.39 is 0 Å². The molecule has 15 heavy (non-hydrogen) atoms. The standard InChI is InChI=1S/C12H20N2O/c1-10(2)15-8-7-13-9-12-11(3)5-4-6-14-12/h4-6,10,13H,7-9H2,1-3H3. The fraction of sp³-hybridized carbons (Fsp3) is 0.583. The Labute approximate surface area is 91.9 Å². The number of pyridine rings is 1. The lowest BCUT2D eigenvalue weighted by atomic mass is 10.2. The Morgan fingerprint density at radius 3 is 2.93 bits per heavy atom. The van der Waals surface area contributed by atoms with Crippen LogP contribution in [-0.2, 0) is 11.3 Å². The van der Waals surface area contributed by atoms with Gasteiger partial charge in [-0.25, -0.2) is 0 Å². The van der Waals surface area contributed by atoms with E-state index in [0.29, 0.717) is 6.10 Å². The van der Waals surface area contributed by atoms with Crippen molar-refractivity contribution in [1.82, 2.24) is 10.3 Å². The highest BCUT2D eigenvalue weighted by atomic mass is 16.5. The van der Waals surface area contributed by atoms with E-state index >= 15 is 0 Å². The Balaban J connectivity index is 2.18. The third kappa shape index (κ3) is 4.91. The lowest BCUT2D eigenvalue weighted by Gasteiger charge is -2.09. The van der Waals surface area contributed by atoms with E-state index in [-0.39, 0.29) is 0 Å². The number of nitrogens with one attached hydrogen (secondary N) is 1. The van der Waals surface area contributed by atoms with Crippen molar-refractivity contribution in [2.24, 2.45) is 0 Å². The van der Waals surface area contributed by atoms with Gasteiger partial charge in [0.05, 0.1) is 18.4 Å². The number of nitrogens with zero attached hydrogens (tertiary/aromatic N) is 1. The Morgan fingerprint density at radius 2 is 2.27 bits per heavy atom. The molecule has 1 heterocycles. The SMILES string of the molecule is Cc1cccnc1CNCCOC(C)C. The van der Waals surface area contributed by atoms with Gasteiger partial charge < -0.3 is 10.1 Å². The van der Waals surface area contributed by atoms with Crippen LogP contribution in [0.4, 0.5) is 0 Å². The lowest BCUT2D eigenvalue weighted by molar-refractivity contribution is 0.0806. The molecule has 0 amide bonds. The Morgan fingerprint density at radius 1 is 1.47 bits per heavy atom. The molecule has 3 heteroatoms. The molecule has 1 aromatic heterocycles. The summed E-state index contributed by atoms with van der Waals surface area (Å²) < 4.78 is 5.43. The molecular weight excluding hydrogens is 188 g/mol. The molecule has 0 radical (unpaired) electrons. The molecule has 0 atom stereocenters. The molecule has 0 aliphatic carbocycles. The summed E-state index contributed by atoms with van der Waals surface area (Å²) >= 11 is 0. The highest BCUT2D eigenvalue weighted by molar-refractivity contribution is 5.17. The van der Waals surface area contributed by atoms with Crippen molar-refractivity contribution in [1.29, 1.82) is 0 Å². The molecule has 0 spiro atoms. The summed E-state index contributed by atoms with van der Waals surface area (Å²) in [5, 5.41) is 3.31. The number of hydrogen-bond donors (Lipinski definition) is 1. The van der Waals surface area contributed by atoms with Crippen LogP contribution >= 0.6 is 0 Å². The van der Waals surface area contributed by atoms with E-state index in [1.165, 1.54) is 5.56 Å².